The van der Waals surface area contributed by atoms with Crippen LogP contribution in [0.5, 0.6) is 5.75 Å². The van der Waals surface area contributed by atoms with E-state index in [4.69, 9.17) is 27.9 Å². The van der Waals surface area contributed by atoms with Gasteiger partial charge in [0.25, 0.3) is 5.91 Å². The lowest BCUT2D eigenvalue weighted by Gasteiger charge is -2.29. The van der Waals surface area contributed by atoms with Crippen LogP contribution in [-0.2, 0) is 16.1 Å². The van der Waals surface area contributed by atoms with Crippen LogP contribution in [0.1, 0.15) is 26.3 Å². The number of hydrogen-bond acceptors (Lipinski definition) is 3. The molecule has 2 amide bonds. The molecule has 1 N–H and O–H groups in total. The summed E-state index contributed by atoms with van der Waals surface area (Å²) in [6.07, 6.45) is 0. The molecule has 0 spiro atoms. The molecule has 0 saturated heterocycles. The predicted molar refractivity (Wildman–Crippen MR) is 112 cm³/mol. The third-order valence-corrected chi connectivity index (χ3v) is 4.77. The third-order valence-electron chi connectivity index (χ3n) is 4.08. The Kier molecular flexibility index (Phi) is 8.15. The van der Waals surface area contributed by atoms with E-state index in [1.807, 2.05) is 32.0 Å². The first-order valence-corrected chi connectivity index (χ1v) is 9.75. The second-order valence-electron chi connectivity index (χ2n) is 6.67. The van der Waals surface area contributed by atoms with Gasteiger partial charge in [-0.15, -0.1) is 0 Å². The van der Waals surface area contributed by atoms with Crippen LogP contribution in [0.3, 0.4) is 0 Å². The van der Waals surface area contributed by atoms with Gasteiger partial charge in [0.05, 0.1) is 5.02 Å². The number of para-hydroxylation sites is 1. The molecule has 2 rings (SSSR count). The van der Waals surface area contributed by atoms with Crippen molar-refractivity contribution in [3.05, 3.63) is 64.1 Å². The summed E-state index contributed by atoms with van der Waals surface area (Å²) in [5.74, 6) is -0.172. The fourth-order valence-electron chi connectivity index (χ4n) is 2.58. The van der Waals surface area contributed by atoms with E-state index >= 15 is 0 Å². The van der Waals surface area contributed by atoms with Crippen molar-refractivity contribution >= 4 is 35.0 Å². The Balaban J connectivity index is 2.18. The van der Waals surface area contributed by atoms with Gasteiger partial charge in [-0.2, -0.15) is 0 Å². The summed E-state index contributed by atoms with van der Waals surface area (Å²) in [4.78, 5) is 26.9. The van der Waals surface area contributed by atoms with Crippen LogP contribution in [-0.4, -0.2) is 35.4 Å². The van der Waals surface area contributed by atoms with Gasteiger partial charge in [0.2, 0.25) is 5.91 Å². The maximum absolute atomic E-state index is 12.9. The van der Waals surface area contributed by atoms with Crippen LogP contribution in [0.25, 0.3) is 0 Å². The minimum Gasteiger partial charge on any atom is -0.482 e. The molecule has 1 unspecified atom stereocenters. The highest BCUT2D eigenvalue weighted by Crippen LogP contribution is 2.23. The zero-order valence-corrected chi connectivity index (χ0v) is 17.6. The van der Waals surface area contributed by atoms with Gasteiger partial charge in [-0.05, 0) is 44.5 Å². The minimum atomic E-state index is -0.694. The van der Waals surface area contributed by atoms with Crippen LogP contribution in [0.2, 0.25) is 10.0 Å². The van der Waals surface area contributed by atoms with Gasteiger partial charge in [-0.3, -0.25) is 9.59 Å². The zero-order valence-electron chi connectivity index (χ0n) is 16.1. The normalized spacial score (nSPS) is 11.8. The predicted octanol–water partition coefficient (Wildman–Crippen LogP) is 4.31. The van der Waals surface area contributed by atoms with Gasteiger partial charge >= 0.3 is 0 Å². The van der Waals surface area contributed by atoms with Gasteiger partial charge in [-0.1, -0.05) is 53.5 Å². The molecule has 2 aromatic carbocycles. The highest BCUT2D eigenvalue weighted by Gasteiger charge is 2.27. The average Bonchev–Trinajstić information content (AvgIpc) is 2.65. The molecule has 0 saturated carbocycles. The topological polar surface area (TPSA) is 58.6 Å². The second-order valence-corrected chi connectivity index (χ2v) is 7.49. The van der Waals surface area contributed by atoms with Crippen molar-refractivity contribution in [2.45, 2.75) is 39.4 Å². The number of benzene rings is 2. The number of amides is 2. The number of nitrogens with one attached hydrogen (secondary N) is 1. The Labute approximate surface area is 175 Å². The summed E-state index contributed by atoms with van der Waals surface area (Å²) >= 11 is 12.3. The first kappa shape index (κ1) is 22.1. The van der Waals surface area contributed by atoms with Gasteiger partial charge in [-0.25, -0.2) is 0 Å². The molecule has 0 aromatic heterocycles. The maximum Gasteiger partial charge on any atom is 0.261 e. The highest BCUT2D eigenvalue weighted by molar-refractivity contribution is 6.32. The number of carbonyl (C=O) groups is 2. The van der Waals surface area contributed by atoms with Crippen molar-refractivity contribution in [3.63, 3.8) is 0 Å². The van der Waals surface area contributed by atoms with Crippen LogP contribution >= 0.6 is 23.2 Å². The van der Waals surface area contributed by atoms with E-state index in [1.54, 1.807) is 37.3 Å². The molecule has 150 valence electrons. The van der Waals surface area contributed by atoms with Crippen LogP contribution in [0, 0.1) is 0 Å². The average molecular weight is 423 g/mol. The number of halogens is 2. The van der Waals surface area contributed by atoms with Crippen molar-refractivity contribution in [2.24, 2.45) is 0 Å². The van der Waals surface area contributed by atoms with E-state index in [-0.39, 0.29) is 31.0 Å². The number of ether oxygens (including phenoxy) is 1. The first-order valence-electron chi connectivity index (χ1n) is 9.00. The van der Waals surface area contributed by atoms with Gasteiger partial charge < -0.3 is 15.0 Å². The molecule has 0 heterocycles. The Morgan fingerprint density at radius 3 is 2.21 bits per heavy atom. The summed E-state index contributed by atoms with van der Waals surface area (Å²) in [7, 11) is 0. The number of nitrogens with zero attached hydrogens (tertiary/aromatic N) is 1. The van der Waals surface area contributed by atoms with Gasteiger partial charge in [0.1, 0.15) is 11.8 Å². The monoisotopic (exact) mass is 422 g/mol. The van der Waals surface area contributed by atoms with E-state index < -0.39 is 6.04 Å². The molecule has 28 heavy (non-hydrogen) atoms. The molecule has 5 nitrogen and oxygen atoms in total. The fraction of sp³-hybridized carbons (Fsp3) is 0.333. The largest absolute Gasteiger partial charge is 0.482 e. The molecule has 7 heteroatoms. The molecule has 0 aliphatic rings. The van der Waals surface area contributed by atoms with E-state index in [1.165, 1.54) is 4.90 Å². The molecule has 0 radical (unpaired) electrons. The maximum atomic E-state index is 12.9. The van der Waals surface area contributed by atoms with Crippen molar-refractivity contribution in [3.8, 4) is 5.75 Å². The lowest BCUT2D eigenvalue weighted by Crippen LogP contribution is -2.50. The van der Waals surface area contributed by atoms with E-state index in [0.29, 0.717) is 15.8 Å². The summed E-state index contributed by atoms with van der Waals surface area (Å²) in [6, 6.07) is 13.4. The standard InChI is InChI=1S/C21H24Cl2N2O3/c1-14(2)24-21(27)15(3)25(12-16-8-4-5-9-17(16)22)20(26)13-28-19-11-7-6-10-18(19)23/h4-11,14-15H,12-13H2,1-3H3,(H,24,27). The molecule has 0 aliphatic heterocycles. The Hall–Kier alpha value is -2.24. The van der Waals surface area contributed by atoms with E-state index in [0.717, 1.165) is 5.56 Å². The Bertz CT molecular complexity index is 827. The lowest BCUT2D eigenvalue weighted by molar-refractivity contribution is -0.142. The molecule has 0 aliphatic carbocycles. The van der Waals surface area contributed by atoms with Crippen molar-refractivity contribution in [2.75, 3.05) is 6.61 Å². The smallest absolute Gasteiger partial charge is 0.261 e. The van der Waals surface area contributed by atoms with E-state index in [9.17, 15) is 9.59 Å². The Morgan fingerprint density at radius 1 is 1.00 bits per heavy atom. The van der Waals surface area contributed by atoms with Gasteiger partial charge in [0, 0.05) is 17.6 Å². The van der Waals surface area contributed by atoms with Crippen LogP contribution in [0.15, 0.2) is 48.5 Å². The van der Waals surface area contributed by atoms with Crippen molar-refractivity contribution in [1.82, 2.24) is 10.2 Å². The number of rotatable bonds is 8. The molecule has 2 aromatic rings. The zero-order chi connectivity index (χ0) is 20.7. The van der Waals surface area contributed by atoms with E-state index in [2.05, 4.69) is 5.32 Å². The fourth-order valence-corrected chi connectivity index (χ4v) is 2.97. The Morgan fingerprint density at radius 2 is 1.61 bits per heavy atom. The quantitative estimate of drug-likeness (QED) is 0.688. The second kappa shape index (κ2) is 10.3. The molecular weight excluding hydrogens is 399 g/mol. The van der Waals surface area contributed by atoms with Crippen LogP contribution in [0.4, 0.5) is 0 Å². The third kappa shape index (κ3) is 6.14. The highest BCUT2D eigenvalue weighted by atomic mass is 35.5. The van der Waals surface area contributed by atoms with Crippen molar-refractivity contribution < 1.29 is 14.3 Å². The number of hydrogen-bond donors (Lipinski definition) is 1. The molecule has 1 atom stereocenters. The van der Waals surface area contributed by atoms with Crippen LogP contribution < -0.4 is 10.1 Å². The molecular formula is C21H24Cl2N2O3. The lowest BCUT2D eigenvalue weighted by atomic mass is 10.1. The minimum absolute atomic E-state index is 0.0356. The molecule has 0 fully saturated rings. The molecule has 0 bridgehead atoms. The summed E-state index contributed by atoms with van der Waals surface area (Å²) in [5, 5.41) is 3.78. The van der Waals surface area contributed by atoms with Gasteiger partial charge in [0.15, 0.2) is 6.61 Å². The first-order chi connectivity index (χ1) is 13.3. The summed E-state index contributed by atoms with van der Waals surface area (Å²) in [5.41, 5.74) is 0.749. The van der Waals surface area contributed by atoms with Crippen molar-refractivity contribution in [1.29, 1.82) is 0 Å². The number of carbonyl (C=O) groups excluding carboxylic acids is 2. The summed E-state index contributed by atoms with van der Waals surface area (Å²) < 4.78 is 5.57. The summed E-state index contributed by atoms with van der Waals surface area (Å²) in [6.45, 7) is 5.36. The SMILES string of the molecule is CC(C)NC(=O)C(C)N(Cc1ccccc1Cl)C(=O)COc1ccccc1Cl.